The molecule has 0 aliphatic heterocycles. The van der Waals surface area contributed by atoms with Gasteiger partial charge in [-0.05, 0) is 31.2 Å². The van der Waals surface area contributed by atoms with Gasteiger partial charge in [-0.25, -0.2) is 0 Å². The molecule has 0 aliphatic carbocycles. The van der Waals surface area contributed by atoms with Gasteiger partial charge in [0.2, 0.25) is 0 Å². The summed E-state index contributed by atoms with van der Waals surface area (Å²) in [4.78, 5) is 12.0. The number of rotatable bonds is 5. The molecule has 1 aromatic carbocycles. The predicted molar refractivity (Wildman–Crippen MR) is 79.4 cm³/mol. The van der Waals surface area contributed by atoms with Crippen LogP contribution in [0.2, 0.25) is 0 Å². The Hall–Kier alpha value is -2.50. The summed E-state index contributed by atoms with van der Waals surface area (Å²) in [5.74, 6) is -0.115. The molecule has 20 heavy (non-hydrogen) atoms. The van der Waals surface area contributed by atoms with Gasteiger partial charge < -0.3 is 16.4 Å². The molecule has 0 radical (unpaired) electrons. The van der Waals surface area contributed by atoms with Gasteiger partial charge in [-0.2, -0.15) is 5.10 Å². The van der Waals surface area contributed by atoms with Crippen LogP contribution in [0.25, 0.3) is 0 Å². The van der Waals surface area contributed by atoms with Crippen molar-refractivity contribution >= 4 is 17.3 Å². The van der Waals surface area contributed by atoms with E-state index in [0.29, 0.717) is 30.0 Å². The summed E-state index contributed by atoms with van der Waals surface area (Å²) in [5.41, 5.74) is 8.59. The number of nitrogen functional groups attached to an aromatic ring is 1. The lowest BCUT2D eigenvalue weighted by atomic mass is 10.1. The Morgan fingerprint density at radius 2 is 2.20 bits per heavy atom. The second kappa shape index (κ2) is 6.10. The Bertz CT molecular complexity index is 605. The normalized spacial score (nSPS) is 10.3. The zero-order chi connectivity index (χ0) is 14.5. The Morgan fingerprint density at radius 1 is 1.40 bits per heavy atom. The van der Waals surface area contributed by atoms with Crippen LogP contribution in [0.3, 0.4) is 0 Å². The lowest BCUT2D eigenvalue weighted by molar-refractivity contribution is 0.0956. The van der Waals surface area contributed by atoms with Crippen molar-refractivity contribution in [1.29, 1.82) is 0 Å². The Labute approximate surface area is 118 Å². The minimum Gasteiger partial charge on any atom is -0.399 e. The topological polar surface area (TPSA) is 85.0 Å². The first-order valence-corrected chi connectivity index (χ1v) is 6.50. The molecule has 2 rings (SSSR count). The van der Waals surface area contributed by atoms with Crippen molar-refractivity contribution in [2.45, 2.75) is 13.5 Å². The smallest absolute Gasteiger partial charge is 0.253 e. The molecule has 0 spiro atoms. The maximum absolute atomic E-state index is 12.0. The van der Waals surface area contributed by atoms with Crippen LogP contribution in [0.5, 0.6) is 0 Å². The second-order valence-corrected chi connectivity index (χ2v) is 4.50. The van der Waals surface area contributed by atoms with E-state index in [9.17, 15) is 4.79 Å². The average molecular weight is 273 g/mol. The summed E-state index contributed by atoms with van der Waals surface area (Å²) >= 11 is 0. The van der Waals surface area contributed by atoms with Crippen molar-refractivity contribution < 1.29 is 4.79 Å². The number of nitrogens with two attached hydrogens (primary N) is 1. The van der Waals surface area contributed by atoms with E-state index in [1.165, 1.54) is 0 Å². The fourth-order valence-corrected chi connectivity index (χ4v) is 1.91. The van der Waals surface area contributed by atoms with Crippen LogP contribution < -0.4 is 16.4 Å². The highest BCUT2D eigenvalue weighted by Crippen LogP contribution is 2.20. The summed E-state index contributed by atoms with van der Waals surface area (Å²) in [6.45, 7) is 3.01. The van der Waals surface area contributed by atoms with Crippen molar-refractivity contribution in [2.24, 2.45) is 7.05 Å². The van der Waals surface area contributed by atoms with E-state index in [2.05, 4.69) is 15.7 Å². The molecular weight excluding hydrogens is 254 g/mol. The van der Waals surface area contributed by atoms with Gasteiger partial charge in [-0.1, -0.05) is 0 Å². The first kappa shape index (κ1) is 13.9. The zero-order valence-corrected chi connectivity index (χ0v) is 11.7. The first-order valence-electron chi connectivity index (χ1n) is 6.50. The minimum atomic E-state index is -0.115. The van der Waals surface area contributed by atoms with Crippen LogP contribution in [0.4, 0.5) is 11.4 Å². The lowest BCUT2D eigenvalue weighted by Gasteiger charge is -2.12. The van der Waals surface area contributed by atoms with Crippen molar-refractivity contribution in [2.75, 3.05) is 17.6 Å². The standard InChI is InChI=1S/C14H19N5O/c1-3-16-14(20)12-5-4-10(15)8-13(12)17-9-11-6-7-19(2)18-11/h4-8,17H,3,9,15H2,1-2H3,(H,16,20). The van der Waals surface area contributed by atoms with Gasteiger partial charge in [-0.15, -0.1) is 0 Å². The first-order chi connectivity index (χ1) is 9.60. The highest BCUT2D eigenvalue weighted by Gasteiger charge is 2.11. The summed E-state index contributed by atoms with van der Waals surface area (Å²) < 4.78 is 1.74. The lowest BCUT2D eigenvalue weighted by Crippen LogP contribution is -2.24. The average Bonchev–Trinajstić information content (AvgIpc) is 2.82. The molecule has 0 unspecified atom stereocenters. The number of nitrogens with zero attached hydrogens (tertiary/aromatic N) is 2. The molecule has 2 aromatic rings. The van der Waals surface area contributed by atoms with Gasteiger partial charge in [0.25, 0.3) is 5.91 Å². The Morgan fingerprint density at radius 3 is 2.85 bits per heavy atom. The third kappa shape index (κ3) is 3.28. The van der Waals surface area contributed by atoms with E-state index in [-0.39, 0.29) is 5.91 Å². The molecule has 0 fully saturated rings. The summed E-state index contributed by atoms with van der Waals surface area (Å²) in [7, 11) is 1.87. The molecule has 6 heteroatoms. The highest BCUT2D eigenvalue weighted by atomic mass is 16.1. The van der Waals surface area contributed by atoms with E-state index >= 15 is 0 Å². The molecule has 6 nitrogen and oxygen atoms in total. The molecule has 4 N–H and O–H groups in total. The molecule has 0 aliphatic rings. The van der Waals surface area contributed by atoms with Gasteiger partial charge in [0.15, 0.2) is 0 Å². The fraction of sp³-hybridized carbons (Fsp3) is 0.286. The van der Waals surface area contributed by atoms with E-state index in [0.717, 1.165) is 5.69 Å². The van der Waals surface area contributed by atoms with Crippen LogP contribution in [0, 0.1) is 0 Å². The summed E-state index contributed by atoms with van der Waals surface area (Å²) in [6.07, 6.45) is 1.88. The van der Waals surface area contributed by atoms with Gasteiger partial charge in [0.05, 0.1) is 17.8 Å². The number of anilines is 2. The van der Waals surface area contributed by atoms with Crippen LogP contribution in [-0.2, 0) is 13.6 Å². The summed E-state index contributed by atoms with van der Waals surface area (Å²) in [6, 6.07) is 7.12. The van der Waals surface area contributed by atoms with Gasteiger partial charge >= 0.3 is 0 Å². The monoisotopic (exact) mass is 273 g/mol. The quantitative estimate of drug-likeness (QED) is 0.718. The third-order valence-corrected chi connectivity index (χ3v) is 2.85. The zero-order valence-electron chi connectivity index (χ0n) is 11.7. The van der Waals surface area contributed by atoms with Crippen molar-refractivity contribution in [3.05, 3.63) is 41.7 Å². The molecule has 1 amide bonds. The Kier molecular flexibility index (Phi) is 4.24. The van der Waals surface area contributed by atoms with E-state index in [4.69, 9.17) is 5.73 Å². The number of hydrogen-bond acceptors (Lipinski definition) is 4. The highest BCUT2D eigenvalue weighted by molar-refractivity contribution is 6.00. The SMILES string of the molecule is CCNC(=O)c1ccc(N)cc1NCc1ccn(C)n1. The molecule has 106 valence electrons. The van der Waals surface area contributed by atoms with E-state index in [1.807, 2.05) is 26.2 Å². The van der Waals surface area contributed by atoms with Crippen LogP contribution in [-0.4, -0.2) is 22.2 Å². The molecule has 1 aromatic heterocycles. The van der Waals surface area contributed by atoms with Crippen molar-refractivity contribution in [3.63, 3.8) is 0 Å². The van der Waals surface area contributed by atoms with Gasteiger partial charge in [-0.3, -0.25) is 9.48 Å². The number of aryl methyl sites for hydroxylation is 1. The van der Waals surface area contributed by atoms with Crippen LogP contribution in [0.15, 0.2) is 30.5 Å². The molecular formula is C14H19N5O. The molecule has 0 saturated heterocycles. The second-order valence-electron chi connectivity index (χ2n) is 4.50. The Balaban J connectivity index is 2.16. The minimum absolute atomic E-state index is 0.115. The molecule has 0 atom stereocenters. The largest absolute Gasteiger partial charge is 0.399 e. The number of hydrogen-bond donors (Lipinski definition) is 3. The van der Waals surface area contributed by atoms with E-state index in [1.54, 1.807) is 22.9 Å². The fourth-order valence-electron chi connectivity index (χ4n) is 1.91. The number of benzene rings is 1. The molecule has 1 heterocycles. The van der Waals surface area contributed by atoms with Crippen LogP contribution >= 0.6 is 0 Å². The molecule has 0 saturated carbocycles. The number of carbonyl (C=O) groups is 1. The number of carbonyl (C=O) groups excluding carboxylic acids is 1. The maximum Gasteiger partial charge on any atom is 0.253 e. The number of aromatic nitrogens is 2. The van der Waals surface area contributed by atoms with Gasteiger partial charge in [0.1, 0.15) is 0 Å². The molecule has 0 bridgehead atoms. The van der Waals surface area contributed by atoms with Crippen LogP contribution in [0.1, 0.15) is 23.0 Å². The van der Waals surface area contributed by atoms with Gasteiger partial charge in [0, 0.05) is 31.2 Å². The van der Waals surface area contributed by atoms with E-state index < -0.39 is 0 Å². The van der Waals surface area contributed by atoms with Crippen molar-refractivity contribution in [3.8, 4) is 0 Å². The predicted octanol–water partition coefficient (Wildman–Crippen LogP) is 1.36. The third-order valence-electron chi connectivity index (χ3n) is 2.85. The number of amides is 1. The summed E-state index contributed by atoms with van der Waals surface area (Å²) in [5, 5.41) is 10.3. The maximum atomic E-state index is 12.0. The number of nitrogens with one attached hydrogen (secondary N) is 2. The van der Waals surface area contributed by atoms with Crippen molar-refractivity contribution in [1.82, 2.24) is 15.1 Å².